The Bertz CT molecular complexity index is 1210. The van der Waals surface area contributed by atoms with Crippen LogP contribution in [0, 0.1) is 13.8 Å². The van der Waals surface area contributed by atoms with Crippen LogP contribution < -0.4 is 4.90 Å². The monoisotopic (exact) mass is 471 g/mol. The number of hydrogen-bond acceptors (Lipinski definition) is 5. The van der Waals surface area contributed by atoms with Gasteiger partial charge < -0.3 is 9.88 Å². The molecule has 0 atom stereocenters. The predicted octanol–water partition coefficient (Wildman–Crippen LogP) is 5.87. The van der Waals surface area contributed by atoms with E-state index in [1.165, 1.54) is 46.4 Å². The number of piperazine rings is 1. The highest BCUT2D eigenvalue weighted by Gasteiger charge is 2.17. The highest BCUT2D eigenvalue weighted by molar-refractivity contribution is 7.99. The minimum atomic E-state index is 0.823. The molecule has 1 fully saturated rings. The predicted molar refractivity (Wildman–Crippen MR) is 142 cm³/mol. The number of aromatic amines is 1. The van der Waals surface area contributed by atoms with Gasteiger partial charge in [-0.25, -0.2) is 9.97 Å². The van der Waals surface area contributed by atoms with Crippen LogP contribution in [0.5, 0.6) is 0 Å². The Balaban J connectivity index is 1.06. The summed E-state index contributed by atoms with van der Waals surface area (Å²) < 4.78 is 0. The van der Waals surface area contributed by atoms with E-state index in [0.29, 0.717) is 0 Å². The lowest BCUT2D eigenvalue weighted by atomic mass is 10.1. The number of fused-ring (bicyclic) bond motifs is 1. The molecular formula is C28H33N5S. The lowest BCUT2D eigenvalue weighted by Gasteiger charge is -2.36. The van der Waals surface area contributed by atoms with E-state index in [1.54, 1.807) is 11.8 Å². The van der Waals surface area contributed by atoms with E-state index in [9.17, 15) is 0 Å². The Morgan fingerprint density at radius 3 is 2.38 bits per heavy atom. The molecule has 0 aliphatic carbocycles. The van der Waals surface area contributed by atoms with E-state index in [-0.39, 0.29) is 0 Å². The fourth-order valence-electron chi connectivity index (χ4n) is 4.79. The summed E-state index contributed by atoms with van der Waals surface area (Å²) in [6, 6.07) is 19.5. The van der Waals surface area contributed by atoms with Gasteiger partial charge in [-0.15, -0.1) is 0 Å². The number of unbranched alkanes of at least 4 members (excludes halogenated alkanes) is 1. The largest absolute Gasteiger partial charge is 0.369 e. The number of H-pyrrole nitrogens is 1. The quantitative estimate of drug-likeness (QED) is 0.257. The van der Waals surface area contributed by atoms with E-state index in [2.05, 4.69) is 79.5 Å². The molecule has 1 saturated heterocycles. The van der Waals surface area contributed by atoms with Gasteiger partial charge in [0.15, 0.2) is 5.16 Å². The van der Waals surface area contributed by atoms with E-state index in [1.807, 2.05) is 19.9 Å². The van der Waals surface area contributed by atoms with Gasteiger partial charge in [0.1, 0.15) is 0 Å². The van der Waals surface area contributed by atoms with Crippen molar-refractivity contribution < 1.29 is 0 Å². The molecule has 6 heteroatoms. The molecule has 0 spiro atoms. The van der Waals surface area contributed by atoms with Crippen LogP contribution in [0.2, 0.25) is 0 Å². The number of rotatable bonds is 8. The Hall–Kier alpha value is -2.83. The number of para-hydroxylation sites is 1. The number of aryl methyl sites for hydroxylation is 3. The average molecular weight is 472 g/mol. The molecule has 0 radical (unpaired) electrons. The lowest BCUT2D eigenvalue weighted by Crippen LogP contribution is -2.46. The van der Waals surface area contributed by atoms with Crippen LogP contribution in [0.25, 0.3) is 10.9 Å². The van der Waals surface area contributed by atoms with E-state index in [0.717, 1.165) is 49.1 Å². The molecule has 0 amide bonds. The van der Waals surface area contributed by atoms with E-state index < -0.39 is 0 Å². The zero-order chi connectivity index (χ0) is 23.3. The van der Waals surface area contributed by atoms with Crippen molar-refractivity contribution >= 4 is 28.4 Å². The zero-order valence-corrected chi connectivity index (χ0v) is 20.9. The molecule has 0 unspecified atom stereocenters. The second kappa shape index (κ2) is 10.6. The van der Waals surface area contributed by atoms with Crippen molar-refractivity contribution in [2.75, 3.05) is 37.6 Å². The van der Waals surface area contributed by atoms with Gasteiger partial charge >= 0.3 is 0 Å². The fourth-order valence-corrected chi connectivity index (χ4v) is 5.65. The van der Waals surface area contributed by atoms with Crippen LogP contribution in [0.1, 0.15) is 29.8 Å². The standard InChI is InChI=1S/C28H33N5S/c1-21-19-22(2)31-28(30-21)34-25-12-10-24(11-13-25)33-17-15-32(16-18-33)14-6-5-7-23-20-29-27-9-4-3-8-26(23)27/h3-4,8-13,19-20,29H,5-7,14-18H2,1-2H3. The molecular weight excluding hydrogens is 438 g/mol. The number of nitrogens with one attached hydrogen (secondary N) is 1. The van der Waals surface area contributed by atoms with Crippen molar-refractivity contribution in [3.63, 3.8) is 0 Å². The molecule has 1 aliphatic heterocycles. The van der Waals surface area contributed by atoms with Gasteiger partial charge in [0.2, 0.25) is 0 Å². The van der Waals surface area contributed by atoms with Crippen molar-refractivity contribution in [1.82, 2.24) is 19.9 Å². The molecule has 1 aliphatic rings. The zero-order valence-electron chi connectivity index (χ0n) is 20.1. The van der Waals surface area contributed by atoms with Gasteiger partial charge in [-0.2, -0.15) is 0 Å². The summed E-state index contributed by atoms with van der Waals surface area (Å²) in [7, 11) is 0. The van der Waals surface area contributed by atoms with Gasteiger partial charge in [-0.3, -0.25) is 4.90 Å². The first-order valence-corrected chi connectivity index (χ1v) is 13.1. The van der Waals surface area contributed by atoms with Crippen LogP contribution >= 0.6 is 11.8 Å². The highest BCUT2D eigenvalue weighted by atomic mass is 32.2. The summed E-state index contributed by atoms with van der Waals surface area (Å²) in [4.78, 5) is 18.8. The summed E-state index contributed by atoms with van der Waals surface area (Å²) >= 11 is 1.63. The van der Waals surface area contributed by atoms with Crippen LogP contribution in [-0.2, 0) is 6.42 Å². The van der Waals surface area contributed by atoms with Gasteiger partial charge in [0.25, 0.3) is 0 Å². The molecule has 3 heterocycles. The maximum atomic E-state index is 4.54. The minimum Gasteiger partial charge on any atom is -0.369 e. The molecule has 5 nitrogen and oxygen atoms in total. The topological polar surface area (TPSA) is 48.1 Å². The Morgan fingerprint density at radius 2 is 1.62 bits per heavy atom. The number of anilines is 1. The first-order chi connectivity index (χ1) is 16.6. The van der Waals surface area contributed by atoms with Gasteiger partial charge in [-0.1, -0.05) is 18.2 Å². The summed E-state index contributed by atoms with van der Waals surface area (Å²) in [5.74, 6) is 0. The maximum absolute atomic E-state index is 4.54. The van der Waals surface area contributed by atoms with Crippen LogP contribution in [0.3, 0.4) is 0 Å². The van der Waals surface area contributed by atoms with Gasteiger partial charge in [0, 0.05) is 65.2 Å². The number of benzene rings is 2. The smallest absolute Gasteiger partial charge is 0.192 e. The Morgan fingerprint density at radius 1 is 0.882 bits per heavy atom. The number of hydrogen-bond donors (Lipinski definition) is 1. The minimum absolute atomic E-state index is 0.823. The van der Waals surface area contributed by atoms with Crippen molar-refractivity contribution in [1.29, 1.82) is 0 Å². The summed E-state index contributed by atoms with van der Waals surface area (Å²) in [6.45, 7) is 9.70. The second-order valence-corrected chi connectivity index (χ2v) is 10.2. The van der Waals surface area contributed by atoms with Crippen molar-refractivity contribution in [3.05, 3.63) is 77.7 Å². The molecule has 176 valence electrons. The second-order valence-electron chi connectivity index (χ2n) is 9.17. The number of nitrogens with zero attached hydrogens (tertiary/aromatic N) is 4. The normalized spacial score (nSPS) is 14.7. The molecule has 2 aromatic carbocycles. The molecule has 0 bridgehead atoms. The first-order valence-electron chi connectivity index (χ1n) is 12.3. The summed E-state index contributed by atoms with van der Waals surface area (Å²) in [5, 5.41) is 2.20. The Kier molecular flexibility index (Phi) is 7.16. The van der Waals surface area contributed by atoms with Gasteiger partial charge in [-0.05, 0) is 93.4 Å². The fraction of sp³-hybridized carbons (Fsp3) is 0.357. The molecule has 0 saturated carbocycles. The third-order valence-electron chi connectivity index (χ3n) is 6.59. The molecule has 4 aromatic rings. The molecule has 5 rings (SSSR count). The molecule has 1 N–H and O–H groups in total. The van der Waals surface area contributed by atoms with E-state index in [4.69, 9.17) is 0 Å². The summed E-state index contributed by atoms with van der Waals surface area (Å²) in [6.07, 6.45) is 5.83. The SMILES string of the molecule is Cc1cc(C)nc(Sc2ccc(N3CCN(CCCCc4c[nH]c5ccccc45)CC3)cc2)n1. The van der Waals surface area contributed by atoms with Gasteiger partial charge in [0.05, 0.1) is 0 Å². The molecule has 2 aromatic heterocycles. The van der Waals surface area contributed by atoms with Crippen molar-refractivity contribution in [2.24, 2.45) is 0 Å². The maximum Gasteiger partial charge on any atom is 0.192 e. The van der Waals surface area contributed by atoms with Crippen molar-refractivity contribution in [3.8, 4) is 0 Å². The third kappa shape index (κ3) is 5.62. The first kappa shape index (κ1) is 22.9. The molecule has 34 heavy (non-hydrogen) atoms. The van der Waals surface area contributed by atoms with Crippen molar-refractivity contribution in [2.45, 2.75) is 43.2 Å². The van der Waals surface area contributed by atoms with E-state index >= 15 is 0 Å². The number of aromatic nitrogens is 3. The highest BCUT2D eigenvalue weighted by Crippen LogP contribution is 2.28. The lowest BCUT2D eigenvalue weighted by molar-refractivity contribution is 0.253. The summed E-state index contributed by atoms with van der Waals surface area (Å²) in [5.41, 5.74) is 6.04. The Labute approximate surface area is 206 Å². The third-order valence-corrected chi connectivity index (χ3v) is 7.46. The van der Waals surface area contributed by atoms with Crippen LogP contribution in [0.4, 0.5) is 5.69 Å². The van der Waals surface area contributed by atoms with Crippen LogP contribution in [-0.4, -0.2) is 52.6 Å². The average Bonchev–Trinajstić information content (AvgIpc) is 3.25. The van der Waals surface area contributed by atoms with Crippen LogP contribution in [0.15, 0.2) is 70.8 Å².